The fourth-order valence-corrected chi connectivity index (χ4v) is 0.272. The van der Waals surface area contributed by atoms with E-state index in [1.807, 2.05) is 0 Å². The monoisotopic (exact) mass is 234 g/mol. The smallest absolute Gasteiger partial charge is 1.00 e. The molecule has 0 aliphatic carbocycles. The minimum absolute atomic E-state index is 0. The molecule has 0 saturated heterocycles. The van der Waals surface area contributed by atoms with E-state index in [9.17, 15) is 9.59 Å². The summed E-state index contributed by atoms with van der Waals surface area (Å²) in [6.45, 7) is 0. The van der Waals surface area contributed by atoms with Crippen molar-refractivity contribution < 1.29 is 21.9 Å². The molecule has 0 aliphatic heterocycles. The maximum absolute atomic E-state index is 10.3. The Kier molecular flexibility index (Phi) is 10.3. The quantitative estimate of drug-likeness (QED) is 0.375. The van der Waals surface area contributed by atoms with Gasteiger partial charge in [-0.05, 0) is 0 Å². The molecule has 0 rings (SSSR count). The van der Waals surface area contributed by atoms with Gasteiger partial charge in [-0.15, -0.1) is 0 Å². The molecule has 4 nitrogen and oxygen atoms in total. The summed E-state index contributed by atoms with van der Waals surface area (Å²) in [6.07, 6.45) is 1.98. The second kappa shape index (κ2) is 8.26. The Bertz CT molecular complexity index is 154. The second-order valence-corrected chi connectivity index (χ2v) is 1.38. The van der Waals surface area contributed by atoms with Crippen LogP contribution in [0.1, 0.15) is 2.85 Å². The second-order valence-electron chi connectivity index (χ2n) is 1.38. The number of rotatable bonds is 2. The topological polar surface area (TPSA) is 52.6 Å². The fraction of sp³-hybridized carbons (Fsp3) is 0.333. The minimum atomic E-state index is -0.578. The first-order chi connectivity index (χ1) is 4.70. The van der Waals surface area contributed by atoms with Gasteiger partial charge in [0, 0.05) is 12.2 Å². The van der Waals surface area contributed by atoms with Crippen LogP contribution in [0.4, 0.5) is 0 Å². The molecule has 60 valence electrons. The fourth-order valence-electron chi connectivity index (χ4n) is 0.272. The molecule has 0 aromatic heterocycles. The van der Waals surface area contributed by atoms with Gasteiger partial charge in [-0.2, -0.15) is 0 Å². The van der Waals surface area contributed by atoms with Crippen LogP contribution in [0.25, 0.3) is 0 Å². The molecule has 0 aromatic rings. The van der Waals surface area contributed by atoms with E-state index in [0.29, 0.717) is 0 Å². The van der Waals surface area contributed by atoms with E-state index < -0.39 is 11.9 Å². The zero-order valence-corrected chi connectivity index (χ0v) is 9.97. The molecular formula is C6H10O4Sr. The molecule has 0 fully saturated rings. The number of carbonyl (C=O) groups is 2. The third-order valence-electron chi connectivity index (χ3n) is 0.758. The number of ether oxygens (including phenoxy) is 2. The van der Waals surface area contributed by atoms with Crippen molar-refractivity contribution in [3.8, 4) is 0 Å². The van der Waals surface area contributed by atoms with Crippen LogP contribution < -0.4 is 0 Å². The van der Waals surface area contributed by atoms with Crippen LogP contribution in [0.2, 0.25) is 0 Å². The van der Waals surface area contributed by atoms with Gasteiger partial charge < -0.3 is 12.3 Å². The van der Waals surface area contributed by atoms with Crippen molar-refractivity contribution in [3.63, 3.8) is 0 Å². The normalized spacial score (nSPS) is 8.55. The van der Waals surface area contributed by atoms with Crippen molar-refractivity contribution in [3.05, 3.63) is 12.2 Å². The van der Waals surface area contributed by atoms with Gasteiger partial charge in [0.2, 0.25) is 0 Å². The summed E-state index contributed by atoms with van der Waals surface area (Å²) in [7, 11) is 2.45. The average molecular weight is 234 g/mol. The first kappa shape index (κ1) is 13.7. The van der Waals surface area contributed by atoms with E-state index in [0.717, 1.165) is 12.2 Å². The predicted octanol–water partition coefficient (Wildman–Crippen LogP) is -0.267. The molecule has 5 heteroatoms. The first-order valence-electron chi connectivity index (χ1n) is 2.54. The van der Waals surface area contributed by atoms with Crippen LogP contribution in [0, 0.1) is 0 Å². The molecule has 0 unspecified atom stereocenters. The van der Waals surface area contributed by atoms with Gasteiger partial charge in [-0.3, -0.25) is 0 Å². The van der Waals surface area contributed by atoms with E-state index >= 15 is 0 Å². The van der Waals surface area contributed by atoms with Crippen molar-refractivity contribution in [2.75, 3.05) is 14.2 Å². The van der Waals surface area contributed by atoms with E-state index in [1.165, 1.54) is 14.2 Å². The van der Waals surface area contributed by atoms with Crippen molar-refractivity contribution >= 4 is 57.4 Å². The number of hydrogen-bond donors (Lipinski definition) is 0. The number of methoxy groups -OCH3 is 2. The van der Waals surface area contributed by atoms with Gasteiger partial charge in [0.15, 0.2) is 0 Å². The van der Waals surface area contributed by atoms with Crippen LogP contribution in [0.3, 0.4) is 0 Å². The summed E-state index contributed by atoms with van der Waals surface area (Å²) < 4.78 is 8.42. The largest absolute Gasteiger partial charge is 2.00 e. The molecule has 0 radical (unpaired) electrons. The average Bonchev–Trinajstić information content (AvgIpc) is 1.99. The Morgan fingerprint density at radius 2 is 1.36 bits per heavy atom. The molecule has 0 amide bonds. The molecule has 0 atom stereocenters. The van der Waals surface area contributed by atoms with Gasteiger partial charge >= 0.3 is 57.4 Å². The van der Waals surface area contributed by atoms with Crippen LogP contribution in [-0.4, -0.2) is 71.6 Å². The summed E-state index contributed by atoms with van der Waals surface area (Å²) in [5, 5.41) is 0. The van der Waals surface area contributed by atoms with Gasteiger partial charge in [0.1, 0.15) is 0 Å². The number of esters is 2. The Morgan fingerprint density at radius 3 is 1.55 bits per heavy atom. The van der Waals surface area contributed by atoms with Crippen LogP contribution in [-0.2, 0) is 19.1 Å². The molecule has 0 spiro atoms. The molecular weight excluding hydrogens is 224 g/mol. The molecule has 0 aliphatic rings. The first-order valence-corrected chi connectivity index (χ1v) is 2.54. The summed E-state index contributed by atoms with van der Waals surface area (Å²) in [4.78, 5) is 20.6. The van der Waals surface area contributed by atoms with Gasteiger partial charge in [0.05, 0.1) is 14.2 Å². The molecule has 0 bridgehead atoms. The minimum Gasteiger partial charge on any atom is -1.00 e. The van der Waals surface area contributed by atoms with Crippen molar-refractivity contribution in [1.82, 2.24) is 0 Å². The van der Waals surface area contributed by atoms with Crippen molar-refractivity contribution in [2.45, 2.75) is 0 Å². The molecule has 11 heavy (non-hydrogen) atoms. The Labute approximate surface area is 105 Å². The molecule has 0 aromatic carbocycles. The number of hydrogen-bond acceptors (Lipinski definition) is 4. The van der Waals surface area contributed by atoms with Gasteiger partial charge in [-0.25, -0.2) is 9.59 Å². The predicted molar refractivity (Wildman–Crippen MR) is 41.2 cm³/mol. The number of carbonyl (C=O) groups excluding carboxylic acids is 2. The SMILES string of the molecule is COC(=O)/C=C/C(=O)OC.[H-].[H-].[Sr+2]. The molecule has 0 heterocycles. The zero-order chi connectivity index (χ0) is 7.98. The third kappa shape index (κ3) is 8.06. The summed E-state index contributed by atoms with van der Waals surface area (Å²) >= 11 is 0. The Balaban J connectivity index is -0.000000135. The van der Waals surface area contributed by atoms with Crippen molar-refractivity contribution in [2.24, 2.45) is 0 Å². The third-order valence-corrected chi connectivity index (χ3v) is 0.758. The van der Waals surface area contributed by atoms with Crippen LogP contribution in [0.5, 0.6) is 0 Å². The zero-order valence-electron chi connectivity index (χ0n) is 8.49. The summed E-state index contributed by atoms with van der Waals surface area (Å²) in [5.41, 5.74) is 0. The maximum atomic E-state index is 10.3. The maximum Gasteiger partial charge on any atom is 2.00 e. The molecule has 0 N–H and O–H groups in total. The molecule has 0 saturated carbocycles. The standard InChI is InChI=1S/C6H8O4.Sr.2H/c1-9-5(7)3-4-6(8)10-2;;;/h3-4H,1-2H3;;;/q;+2;2*-1/b4-3+;;;. The van der Waals surface area contributed by atoms with E-state index in [4.69, 9.17) is 0 Å². The summed E-state index contributed by atoms with van der Waals surface area (Å²) in [5.74, 6) is -1.16. The Hall–Kier alpha value is 0.161. The van der Waals surface area contributed by atoms with Crippen LogP contribution >= 0.6 is 0 Å². The van der Waals surface area contributed by atoms with Gasteiger partial charge in [0.25, 0.3) is 0 Å². The van der Waals surface area contributed by atoms with Gasteiger partial charge in [-0.1, -0.05) is 0 Å². The van der Waals surface area contributed by atoms with Crippen molar-refractivity contribution in [1.29, 1.82) is 0 Å². The van der Waals surface area contributed by atoms with E-state index in [2.05, 4.69) is 9.47 Å². The van der Waals surface area contributed by atoms with E-state index in [1.54, 1.807) is 0 Å². The Morgan fingerprint density at radius 1 is 1.09 bits per heavy atom. The summed E-state index contributed by atoms with van der Waals surface area (Å²) in [6, 6.07) is 0. The van der Waals surface area contributed by atoms with E-state index in [-0.39, 0.29) is 48.3 Å². The van der Waals surface area contributed by atoms with Crippen LogP contribution in [0.15, 0.2) is 12.2 Å².